The number of carboxylic acid groups (broad SMARTS) is 1. The van der Waals surface area contributed by atoms with Gasteiger partial charge in [-0.05, 0) is 12.5 Å². The molecule has 1 fully saturated rings. The van der Waals surface area contributed by atoms with Crippen molar-refractivity contribution in [1.82, 2.24) is 14.1 Å². The lowest BCUT2D eigenvalue weighted by atomic mass is 10.3. The first-order chi connectivity index (χ1) is 8.89. The van der Waals surface area contributed by atoms with E-state index in [-0.39, 0.29) is 16.2 Å². The summed E-state index contributed by atoms with van der Waals surface area (Å²) >= 11 is 1.35. The molecular formula is C10H15N3O4S2. The molecule has 2 heterocycles. The van der Waals surface area contributed by atoms with E-state index in [9.17, 15) is 18.3 Å². The standard InChI is InChI=1S/C10H15N3O4S2/c1-3-8-13(7(6-18-8)10(14)15)19(16,17)9-4-5-11-12(9)2/h4-5,7-8H,3,6H2,1-2H3,(H,14,15). The molecule has 0 bridgehead atoms. The van der Waals surface area contributed by atoms with E-state index in [0.717, 1.165) is 4.31 Å². The minimum absolute atomic E-state index is 0.0136. The van der Waals surface area contributed by atoms with Crippen molar-refractivity contribution in [2.24, 2.45) is 7.05 Å². The Hall–Kier alpha value is -1.06. The van der Waals surface area contributed by atoms with Crippen LogP contribution in [0.4, 0.5) is 0 Å². The van der Waals surface area contributed by atoms with Crippen LogP contribution in [0.3, 0.4) is 0 Å². The number of aryl methyl sites for hydroxylation is 1. The summed E-state index contributed by atoms with van der Waals surface area (Å²) in [6, 6.07) is 0.360. The third kappa shape index (κ3) is 2.37. The fourth-order valence-electron chi connectivity index (χ4n) is 2.07. The molecule has 2 atom stereocenters. The summed E-state index contributed by atoms with van der Waals surface area (Å²) in [6.45, 7) is 1.84. The summed E-state index contributed by atoms with van der Waals surface area (Å²) in [5.74, 6) is -0.848. The van der Waals surface area contributed by atoms with Crippen LogP contribution in [-0.4, -0.2) is 50.7 Å². The van der Waals surface area contributed by atoms with Gasteiger partial charge in [-0.25, -0.2) is 8.42 Å². The second-order valence-electron chi connectivity index (χ2n) is 4.18. The first-order valence-electron chi connectivity index (χ1n) is 5.75. The molecule has 1 aliphatic heterocycles. The van der Waals surface area contributed by atoms with Crippen LogP contribution in [0.1, 0.15) is 13.3 Å². The second-order valence-corrected chi connectivity index (χ2v) is 7.18. The van der Waals surface area contributed by atoms with Gasteiger partial charge in [-0.1, -0.05) is 6.92 Å². The third-order valence-electron chi connectivity index (χ3n) is 2.99. The molecule has 1 aliphatic rings. The van der Waals surface area contributed by atoms with E-state index < -0.39 is 22.0 Å². The van der Waals surface area contributed by atoms with E-state index in [2.05, 4.69) is 5.10 Å². The molecule has 0 amide bonds. The normalized spacial score (nSPS) is 24.7. The average molecular weight is 305 g/mol. The van der Waals surface area contributed by atoms with E-state index in [1.54, 1.807) is 0 Å². The molecule has 1 aromatic rings. The Morgan fingerprint density at radius 1 is 1.63 bits per heavy atom. The Kier molecular flexibility index (Phi) is 3.88. The van der Waals surface area contributed by atoms with Gasteiger partial charge in [-0.3, -0.25) is 9.48 Å². The highest BCUT2D eigenvalue weighted by molar-refractivity contribution is 8.01. The molecule has 0 spiro atoms. The van der Waals surface area contributed by atoms with Crippen molar-refractivity contribution >= 4 is 27.8 Å². The SMILES string of the molecule is CCC1SCC(C(=O)O)N1S(=O)(=O)c1ccnn1C. The smallest absolute Gasteiger partial charge is 0.322 e. The number of sulfonamides is 1. The number of carbonyl (C=O) groups is 1. The van der Waals surface area contributed by atoms with Crippen LogP contribution in [0.25, 0.3) is 0 Å². The number of hydrogen-bond donors (Lipinski definition) is 1. The maximum atomic E-state index is 12.6. The molecular weight excluding hydrogens is 290 g/mol. The van der Waals surface area contributed by atoms with Gasteiger partial charge in [0.1, 0.15) is 6.04 Å². The van der Waals surface area contributed by atoms with Gasteiger partial charge in [0.15, 0.2) is 5.03 Å². The molecule has 19 heavy (non-hydrogen) atoms. The minimum Gasteiger partial charge on any atom is -0.480 e. The zero-order chi connectivity index (χ0) is 14.2. The molecule has 0 aromatic carbocycles. The van der Waals surface area contributed by atoms with Crippen LogP contribution in [0.15, 0.2) is 17.3 Å². The van der Waals surface area contributed by atoms with Crippen LogP contribution in [0.2, 0.25) is 0 Å². The molecule has 2 unspecified atom stereocenters. The highest BCUT2D eigenvalue weighted by Crippen LogP contribution is 2.36. The van der Waals surface area contributed by atoms with Gasteiger partial charge < -0.3 is 5.11 Å². The lowest BCUT2D eigenvalue weighted by molar-refractivity contribution is -0.140. The summed E-state index contributed by atoms with van der Waals surface area (Å²) in [7, 11) is -2.33. The van der Waals surface area contributed by atoms with Crippen LogP contribution in [0.5, 0.6) is 0 Å². The molecule has 1 saturated heterocycles. The Morgan fingerprint density at radius 3 is 2.79 bits per heavy atom. The van der Waals surface area contributed by atoms with Crippen LogP contribution < -0.4 is 0 Å². The summed E-state index contributed by atoms with van der Waals surface area (Å²) in [4.78, 5) is 11.2. The molecule has 2 rings (SSSR count). The van der Waals surface area contributed by atoms with Crippen molar-refractivity contribution in [3.63, 3.8) is 0 Å². The summed E-state index contributed by atoms with van der Waals surface area (Å²) in [5, 5.41) is 12.7. The molecule has 0 radical (unpaired) electrons. The van der Waals surface area contributed by atoms with Gasteiger partial charge in [0.05, 0.1) is 11.6 Å². The van der Waals surface area contributed by atoms with Crippen molar-refractivity contribution in [3.05, 3.63) is 12.3 Å². The number of rotatable bonds is 4. The van der Waals surface area contributed by atoms with Gasteiger partial charge >= 0.3 is 5.97 Å². The topological polar surface area (TPSA) is 92.5 Å². The summed E-state index contributed by atoms with van der Waals surface area (Å²) in [6.07, 6.45) is 1.94. The lowest BCUT2D eigenvalue weighted by Gasteiger charge is -2.25. The first-order valence-corrected chi connectivity index (χ1v) is 8.24. The Bertz CT molecular complexity index is 583. The summed E-state index contributed by atoms with van der Waals surface area (Å²) < 4.78 is 27.5. The van der Waals surface area contributed by atoms with Crippen molar-refractivity contribution < 1.29 is 18.3 Å². The maximum absolute atomic E-state index is 12.6. The number of carboxylic acids is 1. The molecule has 7 nitrogen and oxygen atoms in total. The van der Waals surface area contributed by atoms with Gasteiger partial charge in [-0.15, -0.1) is 11.8 Å². The van der Waals surface area contributed by atoms with Crippen LogP contribution in [0, 0.1) is 0 Å². The van der Waals surface area contributed by atoms with E-state index in [0.29, 0.717) is 6.42 Å². The Morgan fingerprint density at radius 2 is 2.32 bits per heavy atom. The van der Waals surface area contributed by atoms with Crippen LogP contribution in [-0.2, 0) is 21.9 Å². The first kappa shape index (κ1) is 14.4. The zero-order valence-corrected chi connectivity index (χ0v) is 12.2. The predicted molar refractivity (Wildman–Crippen MR) is 70.2 cm³/mol. The highest BCUT2D eigenvalue weighted by Gasteiger charge is 2.46. The lowest BCUT2D eigenvalue weighted by Crippen LogP contribution is -2.45. The van der Waals surface area contributed by atoms with Gasteiger partial charge in [-0.2, -0.15) is 9.40 Å². The molecule has 1 aromatic heterocycles. The molecule has 106 valence electrons. The van der Waals surface area contributed by atoms with E-state index >= 15 is 0 Å². The quantitative estimate of drug-likeness (QED) is 0.862. The van der Waals surface area contributed by atoms with Gasteiger partial charge in [0.25, 0.3) is 10.0 Å². The Labute approximate surface area is 115 Å². The number of nitrogens with zero attached hydrogens (tertiary/aromatic N) is 3. The monoisotopic (exact) mass is 305 g/mol. The number of aliphatic carboxylic acids is 1. The fourth-order valence-corrected chi connectivity index (χ4v) is 5.72. The van der Waals surface area contributed by atoms with Gasteiger partial charge in [0.2, 0.25) is 0 Å². The van der Waals surface area contributed by atoms with E-state index in [1.165, 1.54) is 35.8 Å². The summed E-state index contributed by atoms with van der Waals surface area (Å²) in [5.41, 5.74) is 0. The van der Waals surface area contributed by atoms with Crippen LogP contribution >= 0.6 is 11.8 Å². The third-order valence-corrected chi connectivity index (χ3v) is 6.57. The zero-order valence-electron chi connectivity index (χ0n) is 10.6. The van der Waals surface area contributed by atoms with Crippen molar-refractivity contribution in [3.8, 4) is 0 Å². The van der Waals surface area contributed by atoms with E-state index in [1.807, 2.05) is 6.92 Å². The maximum Gasteiger partial charge on any atom is 0.322 e. The van der Waals surface area contributed by atoms with Crippen molar-refractivity contribution in [1.29, 1.82) is 0 Å². The minimum atomic E-state index is -3.85. The molecule has 9 heteroatoms. The fraction of sp³-hybridized carbons (Fsp3) is 0.600. The largest absolute Gasteiger partial charge is 0.480 e. The number of aromatic nitrogens is 2. The Balaban J connectivity index is 2.47. The molecule has 0 saturated carbocycles. The second kappa shape index (κ2) is 5.14. The average Bonchev–Trinajstić information content (AvgIpc) is 2.94. The number of hydrogen-bond acceptors (Lipinski definition) is 5. The van der Waals surface area contributed by atoms with Crippen molar-refractivity contribution in [2.45, 2.75) is 29.8 Å². The predicted octanol–water partition coefficient (Wildman–Crippen LogP) is 0.347. The van der Waals surface area contributed by atoms with Gasteiger partial charge in [0, 0.05) is 12.8 Å². The molecule has 0 aliphatic carbocycles. The number of thioether (sulfide) groups is 1. The highest BCUT2D eigenvalue weighted by atomic mass is 32.2. The van der Waals surface area contributed by atoms with E-state index in [4.69, 9.17) is 0 Å². The van der Waals surface area contributed by atoms with Crippen molar-refractivity contribution in [2.75, 3.05) is 5.75 Å². The molecule has 1 N–H and O–H groups in total.